The first-order chi connectivity index (χ1) is 8.73. The topological polar surface area (TPSA) is 86.5 Å². The molecular formula is C13H19NO4S. The summed E-state index contributed by atoms with van der Waals surface area (Å²) in [7, 11) is -3.41. The lowest BCUT2D eigenvalue weighted by Crippen LogP contribution is -2.35. The van der Waals surface area contributed by atoms with E-state index in [-0.39, 0.29) is 0 Å². The van der Waals surface area contributed by atoms with Crippen molar-refractivity contribution in [3.8, 4) is 0 Å². The van der Waals surface area contributed by atoms with Gasteiger partial charge in [0.2, 0.25) is 0 Å². The highest BCUT2D eigenvalue weighted by Crippen LogP contribution is 2.27. The van der Waals surface area contributed by atoms with Gasteiger partial charge in [-0.15, -0.1) is 0 Å². The third-order valence-corrected chi connectivity index (χ3v) is 4.27. The van der Waals surface area contributed by atoms with Crippen molar-refractivity contribution in [3.05, 3.63) is 35.9 Å². The van der Waals surface area contributed by atoms with Crippen molar-refractivity contribution in [2.75, 3.05) is 6.26 Å². The molecule has 0 aliphatic heterocycles. The third kappa shape index (κ3) is 4.33. The Hall–Kier alpha value is -1.40. The van der Waals surface area contributed by atoms with Gasteiger partial charge in [-0.2, -0.15) is 0 Å². The van der Waals surface area contributed by atoms with Crippen LogP contribution in [0.5, 0.6) is 0 Å². The zero-order chi connectivity index (χ0) is 14.6. The van der Waals surface area contributed by atoms with Gasteiger partial charge in [0.1, 0.15) is 17.4 Å². The highest BCUT2D eigenvalue weighted by molar-refractivity contribution is 7.91. The lowest BCUT2D eigenvalue weighted by atomic mass is 10.1. The molecule has 0 amide bonds. The summed E-state index contributed by atoms with van der Waals surface area (Å²) >= 11 is 0. The number of ether oxygens (including phenoxy) is 1. The number of nitrogens with two attached hydrogens (primary N) is 1. The Labute approximate surface area is 113 Å². The number of benzene rings is 1. The maximum absolute atomic E-state index is 11.9. The fourth-order valence-electron chi connectivity index (χ4n) is 1.86. The van der Waals surface area contributed by atoms with E-state index >= 15 is 0 Å². The Morgan fingerprint density at radius 1 is 1.21 bits per heavy atom. The second kappa shape index (κ2) is 6.16. The van der Waals surface area contributed by atoms with Crippen molar-refractivity contribution in [2.45, 2.75) is 31.2 Å². The van der Waals surface area contributed by atoms with Gasteiger partial charge in [0.15, 0.2) is 9.84 Å². The molecule has 0 saturated heterocycles. The second-order valence-electron chi connectivity index (χ2n) is 4.59. The second-order valence-corrected chi connectivity index (χ2v) is 6.76. The molecule has 1 aromatic rings. The molecule has 6 heteroatoms. The molecule has 0 aliphatic carbocycles. The van der Waals surface area contributed by atoms with Crippen LogP contribution in [0, 0.1) is 0 Å². The van der Waals surface area contributed by atoms with Gasteiger partial charge >= 0.3 is 5.97 Å². The van der Waals surface area contributed by atoms with E-state index in [1.807, 2.05) is 0 Å². The van der Waals surface area contributed by atoms with Crippen LogP contribution < -0.4 is 5.73 Å². The maximum atomic E-state index is 11.9. The molecule has 0 unspecified atom stereocenters. The van der Waals surface area contributed by atoms with Crippen LogP contribution in [0.4, 0.5) is 0 Å². The zero-order valence-corrected chi connectivity index (χ0v) is 12.1. The van der Waals surface area contributed by atoms with E-state index in [0.29, 0.717) is 5.56 Å². The van der Waals surface area contributed by atoms with Crippen LogP contribution in [-0.2, 0) is 19.4 Å². The van der Waals surface area contributed by atoms with Crippen molar-refractivity contribution in [2.24, 2.45) is 5.73 Å². The highest BCUT2D eigenvalue weighted by Gasteiger charge is 2.32. The summed E-state index contributed by atoms with van der Waals surface area (Å²) in [6.07, 6.45) is 0.330. The predicted molar refractivity (Wildman–Crippen MR) is 73.2 cm³/mol. The van der Waals surface area contributed by atoms with Crippen molar-refractivity contribution in [3.63, 3.8) is 0 Å². The molecule has 1 rings (SSSR count). The molecule has 5 nitrogen and oxygen atoms in total. The normalized spacial score (nSPS) is 16.4. The number of sulfone groups is 1. The number of hydrogen-bond donors (Lipinski definition) is 1. The predicted octanol–water partition coefficient (Wildman–Crippen LogP) is 1.05. The Balaban J connectivity index is 3.03. The molecule has 0 fully saturated rings. The van der Waals surface area contributed by atoms with E-state index in [0.717, 1.165) is 6.26 Å². The molecule has 2 N–H and O–H groups in total. The summed E-state index contributed by atoms with van der Waals surface area (Å²) in [4.78, 5) is 11.5. The summed E-state index contributed by atoms with van der Waals surface area (Å²) in [6, 6.07) is 7.89. The first-order valence-electron chi connectivity index (χ1n) is 5.93. The average molecular weight is 285 g/mol. The Kier molecular flexibility index (Phi) is 5.08. The minimum atomic E-state index is -3.41. The largest absolute Gasteiger partial charge is 0.460 e. The summed E-state index contributed by atoms with van der Waals surface area (Å²) < 4.78 is 28.9. The van der Waals surface area contributed by atoms with Gasteiger partial charge < -0.3 is 10.5 Å². The van der Waals surface area contributed by atoms with Gasteiger partial charge in [0.05, 0.1) is 0 Å². The Morgan fingerprint density at radius 3 is 2.16 bits per heavy atom. The third-order valence-electron chi connectivity index (χ3n) is 2.69. The molecule has 0 heterocycles. The first kappa shape index (κ1) is 15.7. The number of hydrogen-bond acceptors (Lipinski definition) is 5. The van der Waals surface area contributed by atoms with Crippen molar-refractivity contribution < 1.29 is 17.9 Å². The molecule has 0 aromatic heterocycles. The van der Waals surface area contributed by atoms with Crippen LogP contribution in [0.3, 0.4) is 0 Å². The standard InChI is InChI=1S/C13H19NO4S/c1-9(14)13(15)18-10(2)12(19(3,16)17)11-7-5-4-6-8-11/h4-10,12H,14H2,1-3H3/t9-,10-,12-/m0/s1. The molecule has 0 aliphatic rings. The van der Waals surface area contributed by atoms with Crippen molar-refractivity contribution in [1.82, 2.24) is 0 Å². The van der Waals surface area contributed by atoms with Gasteiger partial charge in [-0.3, -0.25) is 4.79 Å². The number of rotatable bonds is 5. The molecular weight excluding hydrogens is 266 g/mol. The van der Waals surface area contributed by atoms with Gasteiger partial charge in [-0.25, -0.2) is 8.42 Å². The lowest BCUT2D eigenvalue weighted by Gasteiger charge is -2.23. The first-order valence-corrected chi connectivity index (χ1v) is 7.89. The molecule has 19 heavy (non-hydrogen) atoms. The van der Waals surface area contributed by atoms with Crippen LogP contribution >= 0.6 is 0 Å². The van der Waals surface area contributed by atoms with Crippen LogP contribution in [0.25, 0.3) is 0 Å². The number of esters is 1. The fraction of sp³-hybridized carbons (Fsp3) is 0.462. The minimum absolute atomic E-state index is 0.593. The molecule has 0 radical (unpaired) electrons. The van der Waals surface area contributed by atoms with Gasteiger partial charge in [0, 0.05) is 6.26 Å². The van der Waals surface area contributed by atoms with Crippen LogP contribution in [-0.4, -0.2) is 32.8 Å². The molecule has 3 atom stereocenters. The van der Waals surface area contributed by atoms with Crippen LogP contribution in [0.1, 0.15) is 24.7 Å². The van der Waals surface area contributed by atoms with E-state index in [9.17, 15) is 13.2 Å². The number of carbonyl (C=O) groups excluding carboxylic acids is 1. The van der Waals surface area contributed by atoms with E-state index in [2.05, 4.69) is 0 Å². The monoisotopic (exact) mass is 285 g/mol. The average Bonchev–Trinajstić information content (AvgIpc) is 2.28. The SMILES string of the molecule is C[C@H](N)C(=O)O[C@@H](C)[C@@H](c1ccccc1)S(C)(=O)=O. The van der Waals surface area contributed by atoms with Gasteiger partial charge in [-0.1, -0.05) is 30.3 Å². The molecule has 106 valence electrons. The lowest BCUT2D eigenvalue weighted by molar-refractivity contribution is -0.149. The molecule has 0 spiro atoms. The molecule has 1 aromatic carbocycles. The molecule has 0 bridgehead atoms. The van der Waals surface area contributed by atoms with Gasteiger partial charge in [0.25, 0.3) is 0 Å². The fourth-order valence-corrected chi connectivity index (χ4v) is 3.26. The van der Waals surface area contributed by atoms with E-state index in [1.165, 1.54) is 6.92 Å². The Morgan fingerprint density at radius 2 is 1.74 bits per heavy atom. The smallest absolute Gasteiger partial charge is 0.322 e. The van der Waals surface area contributed by atoms with Crippen molar-refractivity contribution in [1.29, 1.82) is 0 Å². The maximum Gasteiger partial charge on any atom is 0.322 e. The van der Waals surface area contributed by atoms with E-state index in [1.54, 1.807) is 37.3 Å². The zero-order valence-electron chi connectivity index (χ0n) is 11.2. The van der Waals surface area contributed by atoms with E-state index in [4.69, 9.17) is 10.5 Å². The highest BCUT2D eigenvalue weighted by atomic mass is 32.2. The summed E-state index contributed by atoms with van der Waals surface area (Å²) in [6.45, 7) is 3.05. The number of carbonyl (C=O) groups is 1. The van der Waals surface area contributed by atoms with Gasteiger partial charge in [-0.05, 0) is 19.4 Å². The van der Waals surface area contributed by atoms with Crippen molar-refractivity contribution >= 4 is 15.8 Å². The Bertz CT molecular complexity index is 525. The van der Waals surface area contributed by atoms with Crippen LogP contribution in [0.2, 0.25) is 0 Å². The summed E-state index contributed by atoms with van der Waals surface area (Å²) in [5, 5.41) is -0.892. The summed E-state index contributed by atoms with van der Waals surface area (Å²) in [5.74, 6) is -0.614. The minimum Gasteiger partial charge on any atom is -0.460 e. The summed E-state index contributed by atoms with van der Waals surface area (Å²) in [5.41, 5.74) is 6.00. The molecule has 0 saturated carbocycles. The van der Waals surface area contributed by atoms with E-state index < -0.39 is 33.2 Å². The quantitative estimate of drug-likeness (QED) is 0.817. The van der Waals surface area contributed by atoms with Crippen LogP contribution in [0.15, 0.2) is 30.3 Å².